The fraction of sp³-hybridized carbons (Fsp3) is 0.562. The lowest BCUT2D eigenvalue weighted by Gasteiger charge is -2.28. The maximum atomic E-state index is 12.2. The predicted octanol–water partition coefficient (Wildman–Crippen LogP) is 3.24. The third-order valence-electron chi connectivity index (χ3n) is 3.52. The Morgan fingerprint density at radius 2 is 2.00 bits per heavy atom. The van der Waals surface area contributed by atoms with E-state index in [4.69, 9.17) is 9.47 Å². The highest BCUT2D eigenvalue weighted by Gasteiger charge is 2.33. The first-order valence-corrected chi connectivity index (χ1v) is 9.87. The van der Waals surface area contributed by atoms with Crippen molar-refractivity contribution in [1.29, 1.82) is 0 Å². The van der Waals surface area contributed by atoms with E-state index in [0.717, 1.165) is 10.9 Å². The van der Waals surface area contributed by atoms with Gasteiger partial charge in [0.1, 0.15) is 25.1 Å². The van der Waals surface area contributed by atoms with E-state index in [9.17, 15) is 9.36 Å². The normalized spacial score (nSPS) is 17.6. The van der Waals surface area contributed by atoms with E-state index >= 15 is 0 Å². The third kappa shape index (κ3) is 3.64. The van der Waals surface area contributed by atoms with Crippen molar-refractivity contribution in [2.45, 2.75) is 32.4 Å². The van der Waals surface area contributed by atoms with Crippen molar-refractivity contribution >= 4 is 18.5 Å². The molecular weight excluding hydrogens is 301 g/mol. The summed E-state index contributed by atoms with van der Waals surface area (Å²) in [7, 11) is -0.622. The molecule has 0 spiro atoms. The monoisotopic (exact) mass is 325 g/mol. The topological polar surface area (TPSA) is 55.8 Å². The van der Waals surface area contributed by atoms with Crippen LogP contribution in [0.5, 0.6) is 5.75 Å². The minimum atomic E-state index is -2.33. The summed E-state index contributed by atoms with van der Waals surface area (Å²) in [6.07, 6.45) is -0.380. The van der Waals surface area contributed by atoms with Gasteiger partial charge < -0.3 is 18.9 Å². The number of carbonyl (C=O) groups is 1. The van der Waals surface area contributed by atoms with Gasteiger partial charge in [-0.3, -0.25) is 0 Å². The van der Waals surface area contributed by atoms with E-state index in [1.165, 1.54) is 0 Å². The lowest BCUT2D eigenvalue weighted by molar-refractivity contribution is 0.0201. The van der Waals surface area contributed by atoms with Crippen LogP contribution in [0.3, 0.4) is 0 Å². The van der Waals surface area contributed by atoms with Crippen LogP contribution in [0, 0.1) is 0 Å². The van der Waals surface area contributed by atoms with Crippen molar-refractivity contribution in [3.63, 3.8) is 0 Å². The molecule has 22 heavy (non-hydrogen) atoms. The van der Waals surface area contributed by atoms with Gasteiger partial charge in [-0.25, -0.2) is 4.79 Å². The molecule has 0 aromatic heterocycles. The smallest absolute Gasteiger partial charge is 0.410 e. The summed E-state index contributed by atoms with van der Waals surface area (Å²) in [5.41, 5.74) is 0.389. The van der Waals surface area contributed by atoms with Crippen LogP contribution in [0.1, 0.15) is 32.4 Å². The first-order valence-electron chi connectivity index (χ1n) is 7.27. The number of ether oxygens (including phenoxy) is 2. The summed E-state index contributed by atoms with van der Waals surface area (Å²) >= 11 is 0. The van der Waals surface area contributed by atoms with Crippen molar-refractivity contribution in [2.24, 2.45) is 0 Å². The van der Waals surface area contributed by atoms with E-state index in [2.05, 4.69) is 0 Å². The van der Waals surface area contributed by atoms with Crippen molar-refractivity contribution in [3.8, 4) is 5.75 Å². The van der Waals surface area contributed by atoms with Crippen LogP contribution < -0.4 is 10.0 Å². The first-order chi connectivity index (χ1) is 9.99. The summed E-state index contributed by atoms with van der Waals surface area (Å²) in [6.45, 7) is 9.35. The van der Waals surface area contributed by atoms with Gasteiger partial charge in [-0.15, -0.1) is 0 Å². The Labute approximate surface area is 132 Å². The van der Waals surface area contributed by atoms with E-state index in [0.29, 0.717) is 12.4 Å². The van der Waals surface area contributed by atoms with Crippen molar-refractivity contribution < 1.29 is 18.8 Å². The molecule has 0 radical (unpaired) electrons. The molecule has 122 valence electrons. The molecule has 6 heteroatoms. The fourth-order valence-electron chi connectivity index (χ4n) is 2.30. The van der Waals surface area contributed by atoms with Gasteiger partial charge in [0.2, 0.25) is 0 Å². The molecular formula is C16H24NO4P. The molecule has 0 fully saturated rings. The molecule has 0 unspecified atom stereocenters. The molecule has 1 amide bonds. The number of fused-ring (bicyclic) bond motifs is 1. The highest BCUT2D eigenvalue weighted by atomic mass is 31.2. The number of amides is 1. The molecule has 5 nitrogen and oxygen atoms in total. The van der Waals surface area contributed by atoms with Gasteiger partial charge in [-0.05, 0) is 40.2 Å². The molecule has 1 aliphatic heterocycles. The summed E-state index contributed by atoms with van der Waals surface area (Å²) in [4.78, 5) is 13.7. The number of hydrogen-bond donors (Lipinski definition) is 0. The average molecular weight is 325 g/mol. The lowest BCUT2D eigenvalue weighted by Crippen LogP contribution is -2.37. The predicted molar refractivity (Wildman–Crippen MR) is 87.8 cm³/mol. The SMILES string of the molecule is CN(C(=O)OC(C)(C)C)[C@@H]1COc2cc(P(C)(C)=O)ccc21. The molecule has 1 heterocycles. The minimum absolute atomic E-state index is 0.188. The second kappa shape index (κ2) is 5.62. The Morgan fingerprint density at radius 3 is 2.55 bits per heavy atom. The van der Waals surface area contributed by atoms with Crippen molar-refractivity contribution in [1.82, 2.24) is 4.90 Å². The Morgan fingerprint density at radius 1 is 1.36 bits per heavy atom. The average Bonchev–Trinajstić information content (AvgIpc) is 2.77. The molecule has 2 rings (SSSR count). The molecule has 1 aromatic rings. The number of likely N-dealkylation sites (N-methyl/N-ethyl adjacent to an activating group) is 1. The van der Waals surface area contributed by atoms with Crippen molar-refractivity contribution in [3.05, 3.63) is 23.8 Å². The number of nitrogens with zero attached hydrogens (tertiary/aromatic N) is 1. The van der Waals surface area contributed by atoms with Gasteiger partial charge in [0, 0.05) is 17.9 Å². The molecule has 0 bridgehead atoms. The largest absolute Gasteiger partial charge is 0.491 e. The van der Waals surface area contributed by atoms with E-state index < -0.39 is 12.7 Å². The summed E-state index contributed by atoms with van der Waals surface area (Å²) < 4.78 is 23.2. The van der Waals surface area contributed by atoms with Crippen molar-refractivity contribution in [2.75, 3.05) is 27.0 Å². The molecule has 1 atom stereocenters. The van der Waals surface area contributed by atoms with Gasteiger partial charge in [-0.1, -0.05) is 12.1 Å². The lowest BCUT2D eigenvalue weighted by atomic mass is 10.1. The third-order valence-corrected chi connectivity index (χ3v) is 5.05. The summed E-state index contributed by atoms with van der Waals surface area (Å²) in [5, 5.41) is 0.784. The molecule has 0 aliphatic carbocycles. The quantitative estimate of drug-likeness (QED) is 0.783. The highest BCUT2D eigenvalue weighted by molar-refractivity contribution is 7.70. The second-order valence-corrected chi connectivity index (χ2v) is 10.2. The number of hydrogen-bond acceptors (Lipinski definition) is 4. The number of carbonyl (C=O) groups excluding carboxylic acids is 1. The fourth-order valence-corrected chi connectivity index (χ4v) is 3.16. The highest BCUT2D eigenvalue weighted by Crippen LogP contribution is 2.40. The Kier molecular flexibility index (Phi) is 4.31. The Hall–Kier alpha value is -1.48. The second-order valence-electron chi connectivity index (χ2n) is 6.99. The van der Waals surface area contributed by atoms with Crippen LogP contribution in [0.25, 0.3) is 0 Å². The van der Waals surface area contributed by atoms with Gasteiger partial charge in [-0.2, -0.15) is 0 Å². The maximum absolute atomic E-state index is 12.2. The van der Waals surface area contributed by atoms with Crippen LogP contribution in [-0.2, 0) is 9.30 Å². The van der Waals surface area contributed by atoms with E-state index in [1.807, 2.05) is 39.0 Å². The standard InChI is InChI=1S/C16H24NO4P/c1-16(2,3)21-15(18)17(4)13-10-20-14-9-11(22(5,6)19)7-8-12(13)14/h7-9,13H,10H2,1-6H3/t13-/m1/s1. The molecule has 1 aromatic carbocycles. The van der Waals surface area contributed by atoms with Gasteiger partial charge in [0.25, 0.3) is 0 Å². The first kappa shape index (κ1) is 16.9. The molecule has 0 N–H and O–H groups in total. The minimum Gasteiger partial charge on any atom is -0.491 e. The molecule has 0 saturated heterocycles. The summed E-state index contributed by atoms with van der Waals surface area (Å²) in [6, 6.07) is 5.37. The van der Waals surface area contributed by atoms with E-state index in [-0.39, 0.29) is 12.1 Å². The Balaban J connectivity index is 2.22. The maximum Gasteiger partial charge on any atom is 0.410 e. The molecule has 1 aliphatic rings. The van der Waals surface area contributed by atoms with Crippen LogP contribution >= 0.6 is 7.14 Å². The van der Waals surface area contributed by atoms with Gasteiger partial charge in [0.15, 0.2) is 0 Å². The summed E-state index contributed by atoms with van der Waals surface area (Å²) in [5.74, 6) is 0.696. The zero-order valence-corrected chi connectivity index (χ0v) is 14.9. The number of rotatable bonds is 2. The van der Waals surface area contributed by atoms with Gasteiger partial charge >= 0.3 is 6.09 Å². The van der Waals surface area contributed by atoms with Crippen LogP contribution in [0.4, 0.5) is 4.79 Å². The zero-order chi connectivity index (χ0) is 16.7. The van der Waals surface area contributed by atoms with Crippen LogP contribution in [-0.4, -0.2) is 43.6 Å². The van der Waals surface area contributed by atoms with Gasteiger partial charge in [0.05, 0.1) is 6.04 Å². The Bertz CT molecular complexity index is 630. The zero-order valence-electron chi connectivity index (χ0n) is 14.0. The van der Waals surface area contributed by atoms with Crippen LogP contribution in [0.2, 0.25) is 0 Å². The van der Waals surface area contributed by atoms with E-state index in [1.54, 1.807) is 25.3 Å². The van der Waals surface area contributed by atoms with Crippen LogP contribution in [0.15, 0.2) is 18.2 Å². The number of benzene rings is 1. The molecule has 0 saturated carbocycles.